The molecule has 0 unspecified atom stereocenters. The number of nitrogens with zero attached hydrogens (tertiary/aromatic N) is 2. The molecule has 0 saturated heterocycles. The molecule has 1 N–H and O–H groups in total. The first kappa shape index (κ1) is 9.84. The molecule has 0 bridgehead atoms. The van der Waals surface area contributed by atoms with Gasteiger partial charge in [0, 0.05) is 6.20 Å². The molecule has 15 heavy (non-hydrogen) atoms. The highest BCUT2D eigenvalue weighted by Crippen LogP contribution is 2.25. The van der Waals surface area contributed by atoms with Gasteiger partial charge in [-0.25, -0.2) is 9.97 Å². The quantitative estimate of drug-likeness (QED) is 0.736. The minimum atomic E-state index is -0.110. The largest absolute Gasteiger partial charge is 0.384 e. The van der Waals surface area contributed by atoms with Crippen molar-refractivity contribution in [2.45, 2.75) is 0 Å². The lowest BCUT2D eigenvalue weighted by atomic mass is 10.3. The Kier molecular flexibility index (Phi) is 3.08. The molecule has 2 aromatic heterocycles. The molecular weight excluding hydrogens is 208 g/mol. The summed E-state index contributed by atoms with van der Waals surface area (Å²) in [5.74, 6) is 5.47. The van der Waals surface area contributed by atoms with Crippen molar-refractivity contribution in [3.8, 4) is 22.4 Å². The topological polar surface area (TPSA) is 46.0 Å². The predicted molar refractivity (Wildman–Crippen MR) is 59.3 cm³/mol. The summed E-state index contributed by atoms with van der Waals surface area (Å²) in [7, 11) is 0. The summed E-state index contributed by atoms with van der Waals surface area (Å²) in [6.07, 6.45) is 3.23. The average molecular weight is 216 g/mol. The van der Waals surface area contributed by atoms with Crippen LogP contribution in [-0.4, -0.2) is 21.7 Å². The third-order valence-electron chi connectivity index (χ3n) is 1.73. The van der Waals surface area contributed by atoms with E-state index in [0.717, 1.165) is 15.4 Å². The maximum absolute atomic E-state index is 8.56. The van der Waals surface area contributed by atoms with Gasteiger partial charge in [0.2, 0.25) is 0 Å². The highest BCUT2D eigenvalue weighted by atomic mass is 32.1. The molecule has 0 radical (unpaired) electrons. The van der Waals surface area contributed by atoms with Gasteiger partial charge in [0.15, 0.2) is 0 Å². The van der Waals surface area contributed by atoms with Gasteiger partial charge in [0.05, 0.1) is 15.4 Å². The molecule has 0 aliphatic heterocycles. The summed E-state index contributed by atoms with van der Waals surface area (Å²) >= 11 is 1.55. The van der Waals surface area contributed by atoms with Crippen LogP contribution in [0, 0.1) is 11.8 Å². The van der Waals surface area contributed by atoms with E-state index in [9.17, 15) is 0 Å². The molecule has 74 valence electrons. The zero-order valence-corrected chi connectivity index (χ0v) is 8.66. The van der Waals surface area contributed by atoms with Crippen LogP contribution in [0.5, 0.6) is 0 Å². The lowest BCUT2D eigenvalue weighted by Gasteiger charge is -1.91. The van der Waals surface area contributed by atoms with E-state index in [-0.39, 0.29) is 6.61 Å². The van der Waals surface area contributed by atoms with Crippen molar-refractivity contribution in [3.63, 3.8) is 0 Å². The molecule has 0 spiro atoms. The number of thiophene rings is 1. The van der Waals surface area contributed by atoms with Crippen LogP contribution in [-0.2, 0) is 0 Å². The van der Waals surface area contributed by atoms with Crippen molar-refractivity contribution in [1.82, 2.24) is 9.97 Å². The smallest absolute Gasteiger partial charge is 0.116 e. The van der Waals surface area contributed by atoms with Crippen molar-refractivity contribution < 1.29 is 5.11 Å². The maximum atomic E-state index is 8.56. The molecule has 0 amide bonds. The predicted octanol–water partition coefficient (Wildman–Crippen LogP) is 1.55. The second kappa shape index (κ2) is 4.69. The molecule has 3 nitrogen and oxygen atoms in total. The van der Waals surface area contributed by atoms with Gasteiger partial charge in [0.25, 0.3) is 0 Å². The zero-order chi connectivity index (χ0) is 10.5. The van der Waals surface area contributed by atoms with Crippen LogP contribution in [0.2, 0.25) is 0 Å². The van der Waals surface area contributed by atoms with Gasteiger partial charge >= 0.3 is 0 Å². The fourth-order valence-corrected chi connectivity index (χ4v) is 1.96. The Morgan fingerprint density at radius 1 is 1.33 bits per heavy atom. The molecule has 4 heteroatoms. The number of hydrogen-bond donors (Lipinski definition) is 1. The van der Waals surface area contributed by atoms with Crippen LogP contribution >= 0.6 is 11.3 Å². The minimum absolute atomic E-state index is 0.110. The van der Waals surface area contributed by atoms with Gasteiger partial charge in [-0.2, -0.15) is 0 Å². The monoisotopic (exact) mass is 216 g/mol. The number of hydrogen-bond acceptors (Lipinski definition) is 4. The molecule has 0 fully saturated rings. The fourth-order valence-electron chi connectivity index (χ4n) is 1.11. The molecule has 0 aliphatic rings. The summed E-state index contributed by atoms with van der Waals surface area (Å²) in [4.78, 5) is 9.99. The van der Waals surface area contributed by atoms with Crippen LogP contribution < -0.4 is 0 Å². The van der Waals surface area contributed by atoms with Crippen LogP contribution in [0.3, 0.4) is 0 Å². The Labute approximate surface area is 91.5 Å². The van der Waals surface area contributed by atoms with Crippen molar-refractivity contribution >= 4 is 11.3 Å². The van der Waals surface area contributed by atoms with E-state index in [1.165, 1.54) is 6.33 Å². The van der Waals surface area contributed by atoms with Gasteiger partial charge < -0.3 is 5.11 Å². The number of aromatic nitrogens is 2. The van der Waals surface area contributed by atoms with E-state index in [2.05, 4.69) is 21.8 Å². The Bertz CT molecular complexity index is 496. The third kappa shape index (κ3) is 2.40. The molecule has 0 aliphatic carbocycles. The molecule has 0 saturated carbocycles. The summed E-state index contributed by atoms with van der Waals surface area (Å²) in [5.41, 5.74) is 0.895. The first-order valence-electron chi connectivity index (χ1n) is 4.36. The SMILES string of the molecule is OCC#Cc1ccc(-c2ccncn2)s1. The minimum Gasteiger partial charge on any atom is -0.384 e. The Hall–Kier alpha value is -1.70. The van der Waals surface area contributed by atoms with Crippen molar-refractivity contribution in [1.29, 1.82) is 0 Å². The number of aliphatic hydroxyl groups is 1. The van der Waals surface area contributed by atoms with Crippen LogP contribution in [0.4, 0.5) is 0 Å². The lowest BCUT2D eigenvalue weighted by molar-refractivity contribution is 0.350. The molecule has 2 aromatic rings. The van der Waals surface area contributed by atoms with Gasteiger partial charge in [-0.3, -0.25) is 0 Å². The number of aliphatic hydroxyl groups excluding tert-OH is 1. The van der Waals surface area contributed by atoms with Crippen molar-refractivity contribution in [3.05, 3.63) is 35.6 Å². The van der Waals surface area contributed by atoms with Gasteiger partial charge in [0.1, 0.15) is 12.9 Å². The van der Waals surface area contributed by atoms with E-state index in [4.69, 9.17) is 5.11 Å². The van der Waals surface area contributed by atoms with E-state index >= 15 is 0 Å². The van der Waals surface area contributed by atoms with E-state index in [1.807, 2.05) is 18.2 Å². The molecule has 0 aromatic carbocycles. The van der Waals surface area contributed by atoms with Crippen LogP contribution in [0.15, 0.2) is 30.7 Å². The molecular formula is C11H8N2OS. The second-order valence-corrected chi connectivity index (χ2v) is 3.80. The first-order valence-corrected chi connectivity index (χ1v) is 5.18. The normalized spacial score (nSPS) is 9.40. The number of rotatable bonds is 1. The first-order chi connectivity index (χ1) is 7.40. The second-order valence-electron chi connectivity index (χ2n) is 2.72. The van der Waals surface area contributed by atoms with Gasteiger partial charge in [-0.05, 0) is 18.2 Å². The Morgan fingerprint density at radius 2 is 2.27 bits per heavy atom. The van der Waals surface area contributed by atoms with E-state index in [1.54, 1.807) is 17.5 Å². The molecule has 2 rings (SSSR count). The summed E-state index contributed by atoms with van der Waals surface area (Å²) in [6, 6.07) is 5.74. The highest BCUT2D eigenvalue weighted by Gasteiger charge is 2.01. The van der Waals surface area contributed by atoms with Crippen LogP contribution in [0.25, 0.3) is 10.6 Å². The fraction of sp³-hybridized carbons (Fsp3) is 0.0909. The standard InChI is InChI=1S/C11H8N2OS/c14-7-1-2-9-3-4-11(15-9)10-5-6-12-8-13-10/h3-6,8,14H,7H2. The molecule has 0 atom stereocenters. The van der Waals surface area contributed by atoms with Gasteiger partial charge in [-0.1, -0.05) is 11.8 Å². The van der Waals surface area contributed by atoms with Gasteiger partial charge in [-0.15, -0.1) is 11.3 Å². The van der Waals surface area contributed by atoms with Crippen molar-refractivity contribution in [2.24, 2.45) is 0 Å². The lowest BCUT2D eigenvalue weighted by Crippen LogP contribution is -1.79. The third-order valence-corrected chi connectivity index (χ3v) is 2.75. The van der Waals surface area contributed by atoms with E-state index < -0.39 is 0 Å². The highest BCUT2D eigenvalue weighted by molar-refractivity contribution is 7.16. The van der Waals surface area contributed by atoms with E-state index in [0.29, 0.717) is 0 Å². The summed E-state index contributed by atoms with van der Waals surface area (Å²) < 4.78 is 0. The Balaban J connectivity index is 2.28. The summed E-state index contributed by atoms with van der Waals surface area (Å²) in [5, 5.41) is 8.56. The molecule has 2 heterocycles. The summed E-state index contributed by atoms with van der Waals surface area (Å²) in [6.45, 7) is -0.110. The average Bonchev–Trinajstić information content (AvgIpc) is 2.76. The zero-order valence-electron chi connectivity index (χ0n) is 7.84. The Morgan fingerprint density at radius 3 is 3.00 bits per heavy atom. The van der Waals surface area contributed by atoms with Crippen molar-refractivity contribution in [2.75, 3.05) is 6.61 Å². The van der Waals surface area contributed by atoms with Crippen LogP contribution in [0.1, 0.15) is 4.88 Å². The maximum Gasteiger partial charge on any atom is 0.116 e.